The first-order chi connectivity index (χ1) is 8.29. The fraction of sp³-hybridized carbons (Fsp3) is 0.571. The van der Waals surface area contributed by atoms with E-state index in [1.165, 1.54) is 18.4 Å². The molecule has 17 heavy (non-hydrogen) atoms. The topological polar surface area (TPSA) is 18.5 Å². The molecule has 1 aromatic carbocycles. The highest BCUT2D eigenvalue weighted by Gasteiger charge is 2.15. The zero-order valence-corrected chi connectivity index (χ0v) is 11.0. The van der Waals surface area contributed by atoms with E-state index in [0.29, 0.717) is 18.6 Å². The Bertz CT molecular complexity index is 359. The molecule has 0 saturated carbocycles. The van der Waals surface area contributed by atoms with E-state index in [9.17, 15) is 0 Å². The van der Waals surface area contributed by atoms with Crippen LogP contribution >= 0.6 is 11.6 Å². The predicted molar refractivity (Wildman–Crippen MR) is 69.8 cm³/mol. The van der Waals surface area contributed by atoms with Crippen LogP contribution in [0.4, 0.5) is 0 Å². The van der Waals surface area contributed by atoms with Crippen molar-refractivity contribution in [2.75, 3.05) is 13.2 Å². The molecule has 0 radical (unpaired) electrons. The molecule has 2 nitrogen and oxygen atoms in total. The van der Waals surface area contributed by atoms with Crippen molar-refractivity contribution in [3.05, 3.63) is 29.3 Å². The summed E-state index contributed by atoms with van der Waals surface area (Å²) in [6, 6.07) is 6.13. The second-order valence-electron chi connectivity index (χ2n) is 4.52. The molecule has 0 aliphatic carbocycles. The number of hydrogen-bond donors (Lipinski definition) is 0. The lowest BCUT2D eigenvalue weighted by molar-refractivity contribution is 0.0902. The van der Waals surface area contributed by atoms with Crippen molar-refractivity contribution >= 4 is 11.6 Å². The average Bonchev–Trinajstić information content (AvgIpc) is 2.84. The number of benzene rings is 1. The molecule has 1 aromatic rings. The highest BCUT2D eigenvalue weighted by atomic mass is 35.5. The molecular weight excluding hydrogens is 236 g/mol. The van der Waals surface area contributed by atoms with Gasteiger partial charge in [0.2, 0.25) is 0 Å². The summed E-state index contributed by atoms with van der Waals surface area (Å²) in [6.45, 7) is 3.67. The van der Waals surface area contributed by atoms with Gasteiger partial charge in [0.25, 0.3) is 0 Å². The maximum Gasteiger partial charge on any atom is 0.123 e. The van der Waals surface area contributed by atoms with Crippen LogP contribution in [0, 0.1) is 6.92 Å². The van der Waals surface area contributed by atoms with Gasteiger partial charge in [0.05, 0.1) is 18.6 Å². The minimum Gasteiger partial charge on any atom is -0.493 e. The van der Waals surface area contributed by atoms with Gasteiger partial charge < -0.3 is 9.47 Å². The molecule has 1 unspecified atom stereocenters. The molecule has 0 amide bonds. The Kier molecular flexibility index (Phi) is 4.69. The summed E-state index contributed by atoms with van der Waals surface area (Å²) in [5.41, 5.74) is 2.28. The summed E-state index contributed by atoms with van der Waals surface area (Å²) < 4.78 is 11.3. The van der Waals surface area contributed by atoms with Crippen LogP contribution in [0.1, 0.15) is 30.4 Å². The van der Waals surface area contributed by atoms with Crippen LogP contribution in [0.3, 0.4) is 0 Å². The largest absolute Gasteiger partial charge is 0.493 e. The first-order valence-electron chi connectivity index (χ1n) is 6.19. The molecule has 1 fully saturated rings. The van der Waals surface area contributed by atoms with Crippen molar-refractivity contribution in [3.63, 3.8) is 0 Å². The smallest absolute Gasteiger partial charge is 0.123 e. The van der Waals surface area contributed by atoms with E-state index in [1.807, 2.05) is 6.07 Å². The Balaban J connectivity index is 1.85. The quantitative estimate of drug-likeness (QED) is 0.747. The zero-order chi connectivity index (χ0) is 12.1. The van der Waals surface area contributed by atoms with Crippen LogP contribution in [0.15, 0.2) is 18.2 Å². The van der Waals surface area contributed by atoms with Gasteiger partial charge in [0.1, 0.15) is 5.75 Å². The van der Waals surface area contributed by atoms with E-state index >= 15 is 0 Å². The molecule has 1 aliphatic rings. The molecule has 3 heteroatoms. The normalized spacial score (nSPS) is 19.5. The number of ether oxygens (including phenoxy) is 2. The molecule has 1 heterocycles. The Morgan fingerprint density at radius 2 is 2.35 bits per heavy atom. The van der Waals surface area contributed by atoms with Crippen LogP contribution in [-0.2, 0) is 10.6 Å². The zero-order valence-electron chi connectivity index (χ0n) is 10.2. The van der Waals surface area contributed by atoms with Crippen LogP contribution in [0.25, 0.3) is 0 Å². The number of halogens is 1. The van der Waals surface area contributed by atoms with E-state index < -0.39 is 0 Å². The lowest BCUT2D eigenvalue weighted by atomic mass is 10.1. The van der Waals surface area contributed by atoms with Crippen molar-refractivity contribution in [1.29, 1.82) is 0 Å². The van der Waals surface area contributed by atoms with E-state index in [4.69, 9.17) is 21.1 Å². The molecule has 1 atom stereocenters. The predicted octanol–water partition coefficient (Wildman–Crippen LogP) is 3.68. The summed E-state index contributed by atoms with van der Waals surface area (Å²) in [5.74, 6) is 1.40. The van der Waals surface area contributed by atoms with Gasteiger partial charge in [-0.25, -0.2) is 0 Å². The van der Waals surface area contributed by atoms with Crippen molar-refractivity contribution in [1.82, 2.24) is 0 Å². The molecule has 0 N–H and O–H groups in total. The van der Waals surface area contributed by atoms with Gasteiger partial charge in [-0.2, -0.15) is 0 Å². The molecule has 1 aliphatic heterocycles. The van der Waals surface area contributed by atoms with Gasteiger partial charge in [-0.15, -0.1) is 11.6 Å². The summed E-state index contributed by atoms with van der Waals surface area (Å²) in [7, 11) is 0. The second-order valence-corrected chi connectivity index (χ2v) is 4.78. The van der Waals surface area contributed by atoms with E-state index in [1.54, 1.807) is 0 Å². The highest BCUT2D eigenvalue weighted by molar-refractivity contribution is 6.17. The van der Waals surface area contributed by atoms with Gasteiger partial charge in [0, 0.05) is 18.6 Å². The van der Waals surface area contributed by atoms with Crippen LogP contribution < -0.4 is 4.74 Å². The first kappa shape index (κ1) is 12.7. The lowest BCUT2D eigenvalue weighted by Gasteiger charge is -2.13. The first-order valence-corrected chi connectivity index (χ1v) is 6.73. The van der Waals surface area contributed by atoms with Crippen LogP contribution in [-0.4, -0.2) is 19.3 Å². The number of hydrogen-bond acceptors (Lipinski definition) is 2. The number of aryl methyl sites for hydroxylation is 1. The molecule has 0 aromatic heterocycles. The Hall–Kier alpha value is -0.730. The monoisotopic (exact) mass is 254 g/mol. The van der Waals surface area contributed by atoms with Gasteiger partial charge in [-0.1, -0.05) is 17.7 Å². The van der Waals surface area contributed by atoms with Gasteiger partial charge >= 0.3 is 0 Å². The summed E-state index contributed by atoms with van der Waals surface area (Å²) in [6.07, 6.45) is 3.71. The average molecular weight is 255 g/mol. The third-order valence-corrected chi connectivity index (χ3v) is 3.37. The van der Waals surface area contributed by atoms with Gasteiger partial charge in [-0.3, -0.25) is 0 Å². The van der Waals surface area contributed by atoms with Crippen LogP contribution in [0.5, 0.6) is 5.75 Å². The van der Waals surface area contributed by atoms with Gasteiger partial charge in [0.15, 0.2) is 0 Å². The summed E-state index contributed by atoms with van der Waals surface area (Å²) >= 11 is 5.91. The summed E-state index contributed by atoms with van der Waals surface area (Å²) in [4.78, 5) is 0. The minimum absolute atomic E-state index is 0.389. The standard InChI is InChI=1S/C14H19ClO2/c1-11-4-5-14(12(9-11)10-15)17-8-6-13-3-2-7-16-13/h4-5,9,13H,2-3,6-8,10H2,1H3. The molecule has 0 spiro atoms. The highest BCUT2D eigenvalue weighted by Crippen LogP contribution is 2.23. The van der Waals surface area contributed by atoms with E-state index in [2.05, 4.69) is 19.1 Å². The Morgan fingerprint density at radius 1 is 1.47 bits per heavy atom. The molecule has 0 bridgehead atoms. The molecular formula is C14H19ClO2. The van der Waals surface area contributed by atoms with Crippen molar-refractivity contribution < 1.29 is 9.47 Å². The number of rotatable bonds is 5. The van der Waals surface area contributed by atoms with Crippen molar-refractivity contribution in [3.8, 4) is 5.75 Å². The van der Waals surface area contributed by atoms with Crippen molar-refractivity contribution in [2.24, 2.45) is 0 Å². The third-order valence-electron chi connectivity index (χ3n) is 3.08. The third kappa shape index (κ3) is 3.62. The molecule has 94 valence electrons. The lowest BCUT2D eigenvalue weighted by Crippen LogP contribution is -2.11. The summed E-state index contributed by atoms with van der Waals surface area (Å²) in [5, 5.41) is 0. The SMILES string of the molecule is Cc1ccc(OCCC2CCCO2)c(CCl)c1. The fourth-order valence-electron chi connectivity index (χ4n) is 2.13. The maximum atomic E-state index is 5.91. The van der Waals surface area contributed by atoms with E-state index in [-0.39, 0.29) is 0 Å². The number of alkyl halides is 1. The Labute approximate surface area is 108 Å². The van der Waals surface area contributed by atoms with E-state index in [0.717, 1.165) is 24.3 Å². The van der Waals surface area contributed by atoms with Gasteiger partial charge in [-0.05, 0) is 25.8 Å². The molecule has 1 saturated heterocycles. The fourth-order valence-corrected chi connectivity index (χ4v) is 2.33. The van der Waals surface area contributed by atoms with Crippen molar-refractivity contribution in [2.45, 2.75) is 38.2 Å². The minimum atomic E-state index is 0.389. The molecule has 2 rings (SSSR count). The Morgan fingerprint density at radius 3 is 3.06 bits per heavy atom. The van der Waals surface area contributed by atoms with Crippen LogP contribution in [0.2, 0.25) is 0 Å². The maximum absolute atomic E-state index is 5.91. The second kappa shape index (κ2) is 6.27.